The van der Waals surface area contributed by atoms with E-state index in [4.69, 9.17) is 0 Å². The summed E-state index contributed by atoms with van der Waals surface area (Å²) in [6, 6.07) is 0. The summed E-state index contributed by atoms with van der Waals surface area (Å²) in [5.41, 5.74) is 0. The number of carbonyl (C=O) groups is 1. The van der Waals surface area contributed by atoms with Crippen molar-refractivity contribution in [1.82, 2.24) is 10.6 Å². The van der Waals surface area contributed by atoms with Gasteiger partial charge in [-0.25, -0.2) is 0 Å². The van der Waals surface area contributed by atoms with Gasteiger partial charge in [0.1, 0.15) is 0 Å². The predicted octanol–water partition coefficient (Wildman–Crippen LogP) is -0.268. The predicted molar refractivity (Wildman–Crippen MR) is 39.7 cm³/mol. The zero-order chi connectivity index (χ0) is 7.23. The Labute approximate surface area is 61.2 Å². The third kappa shape index (κ3) is 2.35. The van der Waals surface area contributed by atoms with Crippen molar-refractivity contribution in [3.05, 3.63) is 0 Å². The van der Waals surface area contributed by atoms with Crippen molar-refractivity contribution in [3.8, 4) is 0 Å². The molecule has 1 fully saturated rings. The van der Waals surface area contributed by atoms with Crippen molar-refractivity contribution < 1.29 is 4.79 Å². The van der Waals surface area contributed by atoms with Crippen LogP contribution < -0.4 is 10.6 Å². The lowest BCUT2D eigenvalue weighted by atomic mass is 9.98. The average molecular weight is 142 g/mol. The zero-order valence-electron chi connectivity index (χ0n) is 6.10. The number of rotatable bonds is 3. The Morgan fingerprint density at radius 1 is 1.50 bits per heavy atom. The van der Waals surface area contributed by atoms with Crippen LogP contribution >= 0.6 is 0 Å². The van der Waals surface area contributed by atoms with Gasteiger partial charge in [-0.1, -0.05) is 0 Å². The molecule has 1 aliphatic rings. The number of hydrogen-bond acceptors (Lipinski definition) is 2. The third-order valence-corrected chi connectivity index (χ3v) is 1.95. The molecule has 0 radical (unpaired) electrons. The Bertz CT molecular complexity index is 99.8. The molecule has 0 unspecified atom stereocenters. The first-order valence-electron chi connectivity index (χ1n) is 3.81. The van der Waals surface area contributed by atoms with Crippen LogP contribution in [0, 0.1) is 5.92 Å². The van der Waals surface area contributed by atoms with Gasteiger partial charge < -0.3 is 10.6 Å². The van der Waals surface area contributed by atoms with Crippen LogP contribution in [-0.2, 0) is 4.79 Å². The van der Waals surface area contributed by atoms with Crippen LogP contribution in [0.25, 0.3) is 0 Å². The van der Waals surface area contributed by atoms with E-state index in [0.717, 1.165) is 26.0 Å². The fraction of sp³-hybridized carbons (Fsp3) is 0.857. The molecular formula is C7H14N2O. The normalized spacial score (nSPS) is 20.4. The van der Waals surface area contributed by atoms with E-state index >= 15 is 0 Å². The summed E-state index contributed by atoms with van der Waals surface area (Å²) in [5.74, 6) is 0.700. The van der Waals surface area contributed by atoms with Crippen LogP contribution in [-0.4, -0.2) is 26.0 Å². The lowest BCUT2D eigenvalue weighted by Crippen LogP contribution is -2.33. The molecule has 0 aromatic heterocycles. The molecule has 1 rings (SSSR count). The lowest BCUT2D eigenvalue weighted by Gasteiger charge is -2.21. The summed E-state index contributed by atoms with van der Waals surface area (Å²) in [6.45, 7) is 3.06. The topological polar surface area (TPSA) is 41.1 Å². The lowest BCUT2D eigenvalue weighted by molar-refractivity contribution is -0.109. The summed E-state index contributed by atoms with van der Waals surface area (Å²) in [4.78, 5) is 9.92. The zero-order valence-corrected chi connectivity index (χ0v) is 6.10. The molecule has 0 bridgehead atoms. The molecule has 0 aromatic carbocycles. The van der Waals surface area contributed by atoms with E-state index in [1.165, 1.54) is 12.8 Å². The van der Waals surface area contributed by atoms with Gasteiger partial charge in [-0.15, -0.1) is 0 Å². The maximum Gasteiger partial charge on any atom is 0.207 e. The highest BCUT2D eigenvalue weighted by molar-refractivity contribution is 5.45. The Morgan fingerprint density at radius 3 is 2.80 bits per heavy atom. The van der Waals surface area contributed by atoms with E-state index in [9.17, 15) is 4.79 Å². The Kier molecular flexibility index (Phi) is 3.22. The number of amides is 1. The Hall–Kier alpha value is -0.570. The SMILES string of the molecule is O=CNCC1CCNCC1. The largest absolute Gasteiger partial charge is 0.358 e. The summed E-state index contributed by atoms with van der Waals surface area (Å²) in [6.07, 6.45) is 3.17. The van der Waals surface area contributed by atoms with E-state index in [-0.39, 0.29) is 0 Å². The molecule has 0 spiro atoms. The van der Waals surface area contributed by atoms with E-state index in [2.05, 4.69) is 10.6 Å². The maximum absolute atomic E-state index is 9.92. The minimum atomic E-state index is 0.700. The number of nitrogens with one attached hydrogen (secondary N) is 2. The van der Waals surface area contributed by atoms with E-state index in [1.807, 2.05) is 0 Å². The van der Waals surface area contributed by atoms with Crippen LogP contribution in [0.4, 0.5) is 0 Å². The number of carbonyl (C=O) groups excluding carboxylic acids is 1. The fourth-order valence-electron chi connectivity index (χ4n) is 1.30. The third-order valence-electron chi connectivity index (χ3n) is 1.95. The summed E-state index contributed by atoms with van der Waals surface area (Å²) >= 11 is 0. The van der Waals surface area contributed by atoms with Crippen molar-refractivity contribution in [1.29, 1.82) is 0 Å². The van der Waals surface area contributed by atoms with Gasteiger partial charge in [0, 0.05) is 6.54 Å². The van der Waals surface area contributed by atoms with E-state index in [0.29, 0.717) is 5.92 Å². The minimum absolute atomic E-state index is 0.700. The van der Waals surface area contributed by atoms with Crippen LogP contribution in [0.5, 0.6) is 0 Å². The van der Waals surface area contributed by atoms with Gasteiger partial charge in [-0.2, -0.15) is 0 Å². The van der Waals surface area contributed by atoms with Gasteiger partial charge in [0.15, 0.2) is 0 Å². The molecule has 1 amide bonds. The first-order chi connectivity index (χ1) is 4.93. The molecule has 10 heavy (non-hydrogen) atoms. The van der Waals surface area contributed by atoms with E-state index in [1.54, 1.807) is 0 Å². The molecule has 1 aliphatic heterocycles. The van der Waals surface area contributed by atoms with Gasteiger partial charge in [0.25, 0.3) is 0 Å². The van der Waals surface area contributed by atoms with Crippen molar-refractivity contribution >= 4 is 6.41 Å². The van der Waals surface area contributed by atoms with Crippen LogP contribution in [0.15, 0.2) is 0 Å². The molecule has 58 valence electrons. The number of piperidine rings is 1. The smallest absolute Gasteiger partial charge is 0.207 e. The van der Waals surface area contributed by atoms with Gasteiger partial charge >= 0.3 is 0 Å². The van der Waals surface area contributed by atoms with Crippen LogP contribution in [0.2, 0.25) is 0 Å². The quantitative estimate of drug-likeness (QED) is 0.533. The average Bonchev–Trinajstić information content (AvgIpc) is 2.03. The van der Waals surface area contributed by atoms with Gasteiger partial charge in [0.2, 0.25) is 6.41 Å². The standard InChI is InChI=1S/C7H14N2O/c10-6-9-5-7-1-3-8-4-2-7/h6-8H,1-5H2,(H,9,10). The van der Waals surface area contributed by atoms with Gasteiger partial charge in [-0.3, -0.25) is 4.79 Å². The summed E-state index contributed by atoms with van der Waals surface area (Å²) in [5, 5.41) is 5.98. The first kappa shape index (κ1) is 7.54. The molecule has 1 heterocycles. The molecule has 3 nitrogen and oxygen atoms in total. The first-order valence-corrected chi connectivity index (χ1v) is 3.81. The van der Waals surface area contributed by atoms with Crippen molar-refractivity contribution in [3.63, 3.8) is 0 Å². The van der Waals surface area contributed by atoms with Crippen molar-refractivity contribution in [2.24, 2.45) is 5.92 Å². The second-order valence-electron chi connectivity index (χ2n) is 2.72. The summed E-state index contributed by atoms with van der Waals surface area (Å²) in [7, 11) is 0. The van der Waals surface area contributed by atoms with E-state index < -0.39 is 0 Å². The van der Waals surface area contributed by atoms with Crippen LogP contribution in [0.3, 0.4) is 0 Å². The van der Waals surface area contributed by atoms with Crippen molar-refractivity contribution in [2.45, 2.75) is 12.8 Å². The molecule has 0 aromatic rings. The highest BCUT2D eigenvalue weighted by Gasteiger charge is 2.11. The molecule has 2 N–H and O–H groups in total. The van der Waals surface area contributed by atoms with Gasteiger partial charge in [0.05, 0.1) is 0 Å². The molecule has 0 aliphatic carbocycles. The fourth-order valence-corrected chi connectivity index (χ4v) is 1.30. The second kappa shape index (κ2) is 4.28. The molecular weight excluding hydrogens is 128 g/mol. The second-order valence-corrected chi connectivity index (χ2v) is 2.72. The maximum atomic E-state index is 9.92. The Morgan fingerprint density at radius 2 is 2.20 bits per heavy atom. The molecule has 1 saturated heterocycles. The molecule has 0 saturated carbocycles. The highest BCUT2D eigenvalue weighted by Crippen LogP contribution is 2.08. The van der Waals surface area contributed by atoms with Gasteiger partial charge in [-0.05, 0) is 31.8 Å². The Balaban J connectivity index is 2.07. The number of hydrogen-bond donors (Lipinski definition) is 2. The monoisotopic (exact) mass is 142 g/mol. The minimum Gasteiger partial charge on any atom is -0.358 e. The molecule has 3 heteroatoms. The van der Waals surface area contributed by atoms with Crippen molar-refractivity contribution in [2.75, 3.05) is 19.6 Å². The van der Waals surface area contributed by atoms with Crippen LogP contribution in [0.1, 0.15) is 12.8 Å². The summed E-state index contributed by atoms with van der Waals surface area (Å²) < 4.78 is 0. The molecule has 0 atom stereocenters. The highest BCUT2D eigenvalue weighted by atomic mass is 16.1.